The molecule has 1 amide bonds. The number of fused-ring (bicyclic) bond motifs is 1. The number of piperidine rings is 1. The topological polar surface area (TPSA) is 79.4 Å². The van der Waals surface area contributed by atoms with Gasteiger partial charge in [0.25, 0.3) is 0 Å². The minimum Gasteiger partial charge on any atom is -0.454 e. The molecular formula is C25H29Cl2N3O5S. The number of benzene rings is 2. The van der Waals surface area contributed by atoms with Gasteiger partial charge in [0.1, 0.15) is 0 Å². The number of hydrogen-bond donors (Lipinski definition) is 0. The maximum absolute atomic E-state index is 13.2. The molecule has 0 spiro atoms. The molecule has 3 aliphatic heterocycles. The van der Waals surface area contributed by atoms with Crippen molar-refractivity contribution in [1.29, 1.82) is 0 Å². The molecular weight excluding hydrogens is 525 g/mol. The van der Waals surface area contributed by atoms with Crippen molar-refractivity contribution in [1.82, 2.24) is 14.1 Å². The molecule has 0 saturated carbocycles. The first-order valence-electron chi connectivity index (χ1n) is 12.1. The minimum atomic E-state index is -3.58. The molecule has 5 rings (SSSR count). The van der Waals surface area contributed by atoms with Gasteiger partial charge in [0.05, 0.1) is 5.75 Å². The van der Waals surface area contributed by atoms with Crippen molar-refractivity contribution < 1.29 is 22.7 Å². The predicted octanol–water partition coefficient (Wildman–Crippen LogP) is 3.61. The first kappa shape index (κ1) is 25.6. The van der Waals surface area contributed by atoms with E-state index in [2.05, 4.69) is 4.90 Å². The third-order valence-corrected chi connectivity index (χ3v) is 9.63. The lowest BCUT2D eigenvalue weighted by Crippen LogP contribution is -2.51. The number of nitrogens with zero attached hydrogens (tertiary/aromatic N) is 3. The van der Waals surface area contributed by atoms with Gasteiger partial charge in [-0.15, -0.1) is 0 Å². The molecule has 8 nitrogen and oxygen atoms in total. The fourth-order valence-corrected chi connectivity index (χ4v) is 7.32. The molecule has 0 unspecified atom stereocenters. The smallest absolute Gasteiger partial charge is 0.231 e. The van der Waals surface area contributed by atoms with Crippen molar-refractivity contribution in [2.75, 3.05) is 46.1 Å². The summed E-state index contributed by atoms with van der Waals surface area (Å²) in [6.45, 7) is 4.65. The van der Waals surface area contributed by atoms with E-state index in [1.165, 1.54) is 4.31 Å². The van der Waals surface area contributed by atoms with Gasteiger partial charge in [-0.05, 0) is 42.7 Å². The number of amides is 1. The van der Waals surface area contributed by atoms with Crippen LogP contribution in [0.15, 0.2) is 36.4 Å². The summed E-state index contributed by atoms with van der Waals surface area (Å²) in [4.78, 5) is 17.4. The average molecular weight is 554 g/mol. The summed E-state index contributed by atoms with van der Waals surface area (Å²) >= 11 is 12.3. The standard InChI is InChI=1S/C25H29Cl2N3O5S/c26-21-2-1-3-22(27)20(21)16-36(32,33)30-8-6-19(7-9-30)25(31)29-12-10-28(11-13-29)15-18-4-5-23-24(14-18)35-17-34-23/h1-5,14,19H,6-13,15-17H2. The summed E-state index contributed by atoms with van der Waals surface area (Å²) in [5.74, 6) is 1.30. The lowest BCUT2D eigenvalue weighted by molar-refractivity contribution is -0.138. The van der Waals surface area contributed by atoms with Gasteiger partial charge in [0, 0.05) is 67.3 Å². The maximum Gasteiger partial charge on any atom is 0.231 e. The average Bonchev–Trinajstić information content (AvgIpc) is 3.35. The van der Waals surface area contributed by atoms with E-state index in [-0.39, 0.29) is 24.4 Å². The first-order valence-corrected chi connectivity index (χ1v) is 14.5. The summed E-state index contributed by atoms with van der Waals surface area (Å²) in [7, 11) is -3.58. The van der Waals surface area contributed by atoms with Gasteiger partial charge in [-0.3, -0.25) is 9.69 Å². The number of carbonyl (C=O) groups is 1. The Kier molecular flexibility index (Phi) is 7.65. The summed E-state index contributed by atoms with van der Waals surface area (Å²) in [6.07, 6.45) is 1.04. The lowest BCUT2D eigenvalue weighted by Gasteiger charge is -2.38. The van der Waals surface area contributed by atoms with Crippen LogP contribution in [0.25, 0.3) is 0 Å². The second-order valence-electron chi connectivity index (χ2n) is 9.42. The van der Waals surface area contributed by atoms with Crippen LogP contribution in [0.5, 0.6) is 11.5 Å². The van der Waals surface area contributed by atoms with Crippen molar-refractivity contribution in [2.45, 2.75) is 25.1 Å². The van der Waals surface area contributed by atoms with Crippen molar-refractivity contribution in [2.24, 2.45) is 5.92 Å². The summed E-state index contributed by atoms with van der Waals surface area (Å²) in [6, 6.07) is 11.0. The largest absolute Gasteiger partial charge is 0.454 e. The van der Waals surface area contributed by atoms with Crippen LogP contribution in [0, 0.1) is 5.92 Å². The highest BCUT2D eigenvalue weighted by Gasteiger charge is 2.34. The lowest BCUT2D eigenvalue weighted by atomic mass is 9.96. The van der Waals surface area contributed by atoms with E-state index >= 15 is 0 Å². The highest BCUT2D eigenvalue weighted by molar-refractivity contribution is 7.88. The SMILES string of the molecule is O=C(C1CCN(S(=O)(=O)Cc2c(Cl)cccc2Cl)CC1)N1CCN(Cc2ccc3c(c2)OCO3)CC1. The molecule has 3 heterocycles. The number of halogens is 2. The molecule has 0 N–H and O–H groups in total. The molecule has 2 saturated heterocycles. The van der Waals surface area contributed by atoms with Crippen LogP contribution < -0.4 is 9.47 Å². The van der Waals surface area contributed by atoms with Crippen LogP contribution in [0.4, 0.5) is 0 Å². The first-order chi connectivity index (χ1) is 17.3. The molecule has 0 bridgehead atoms. The third-order valence-electron chi connectivity index (χ3n) is 7.11. The van der Waals surface area contributed by atoms with Gasteiger partial charge in [0.15, 0.2) is 11.5 Å². The molecule has 2 aromatic rings. The van der Waals surface area contributed by atoms with Gasteiger partial charge in [-0.2, -0.15) is 0 Å². The van der Waals surface area contributed by atoms with Gasteiger partial charge >= 0.3 is 0 Å². The zero-order valence-electron chi connectivity index (χ0n) is 19.9. The van der Waals surface area contributed by atoms with E-state index in [1.54, 1.807) is 18.2 Å². The van der Waals surface area contributed by atoms with Crippen molar-refractivity contribution in [3.8, 4) is 11.5 Å². The van der Waals surface area contributed by atoms with E-state index in [4.69, 9.17) is 32.7 Å². The summed E-state index contributed by atoms with van der Waals surface area (Å²) in [5, 5.41) is 0.683. The van der Waals surface area contributed by atoms with Crippen molar-refractivity contribution in [3.05, 3.63) is 57.6 Å². The molecule has 0 aliphatic carbocycles. The van der Waals surface area contributed by atoms with E-state index < -0.39 is 10.0 Å². The molecule has 0 atom stereocenters. The van der Waals surface area contributed by atoms with Crippen LogP contribution in [0.2, 0.25) is 10.0 Å². The van der Waals surface area contributed by atoms with Crippen molar-refractivity contribution in [3.63, 3.8) is 0 Å². The van der Waals surface area contributed by atoms with Crippen LogP contribution >= 0.6 is 23.2 Å². The number of ether oxygens (including phenoxy) is 2. The Hall–Kier alpha value is -2.04. The van der Waals surface area contributed by atoms with Gasteiger partial charge in [-0.1, -0.05) is 35.3 Å². The van der Waals surface area contributed by atoms with Crippen molar-refractivity contribution >= 4 is 39.1 Å². The minimum absolute atomic E-state index is 0.129. The Morgan fingerprint density at radius 2 is 1.58 bits per heavy atom. The molecule has 194 valence electrons. The van der Waals surface area contributed by atoms with Gasteiger partial charge in [0.2, 0.25) is 22.7 Å². The number of sulfonamides is 1. The predicted molar refractivity (Wildman–Crippen MR) is 138 cm³/mol. The van der Waals surface area contributed by atoms with Gasteiger partial charge in [-0.25, -0.2) is 12.7 Å². The van der Waals surface area contributed by atoms with Crippen LogP contribution in [-0.4, -0.2) is 74.5 Å². The van der Waals surface area contributed by atoms with E-state index in [1.807, 2.05) is 23.1 Å². The zero-order valence-corrected chi connectivity index (χ0v) is 22.2. The highest BCUT2D eigenvalue weighted by atomic mass is 35.5. The summed E-state index contributed by atoms with van der Waals surface area (Å²) in [5.41, 5.74) is 1.57. The van der Waals surface area contributed by atoms with E-state index in [0.29, 0.717) is 54.6 Å². The normalized spacial score (nSPS) is 19.6. The molecule has 3 aliphatic rings. The molecule has 2 aromatic carbocycles. The Morgan fingerprint density at radius 3 is 2.28 bits per heavy atom. The number of hydrogen-bond acceptors (Lipinski definition) is 6. The van der Waals surface area contributed by atoms with E-state index in [0.717, 1.165) is 36.7 Å². The molecule has 0 aromatic heterocycles. The quantitative estimate of drug-likeness (QED) is 0.543. The van der Waals surface area contributed by atoms with Gasteiger partial charge < -0.3 is 14.4 Å². The summed E-state index contributed by atoms with van der Waals surface area (Å²) < 4.78 is 38.3. The molecule has 11 heteroatoms. The Labute approximate surface area is 221 Å². The second kappa shape index (κ2) is 10.8. The third kappa shape index (κ3) is 5.60. The molecule has 2 fully saturated rings. The molecule has 0 radical (unpaired) electrons. The second-order valence-corrected chi connectivity index (χ2v) is 12.2. The maximum atomic E-state index is 13.2. The fraction of sp³-hybridized carbons (Fsp3) is 0.480. The monoisotopic (exact) mass is 553 g/mol. The number of rotatable bonds is 6. The number of carbonyl (C=O) groups excluding carboxylic acids is 1. The Morgan fingerprint density at radius 1 is 0.917 bits per heavy atom. The Bertz CT molecular complexity index is 1210. The number of piperazine rings is 1. The zero-order chi connectivity index (χ0) is 25.3. The van der Waals surface area contributed by atoms with Crippen LogP contribution in [-0.2, 0) is 27.1 Å². The van der Waals surface area contributed by atoms with E-state index in [9.17, 15) is 13.2 Å². The fourth-order valence-electron chi connectivity index (χ4n) is 5.01. The Balaban J connectivity index is 1.10. The highest BCUT2D eigenvalue weighted by Crippen LogP contribution is 2.33. The van der Waals surface area contributed by atoms with Crippen LogP contribution in [0.1, 0.15) is 24.0 Å². The van der Waals surface area contributed by atoms with Crippen LogP contribution in [0.3, 0.4) is 0 Å². The molecule has 36 heavy (non-hydrogen) atoms.